The monoisotopic (exact) mass is 563 g/mol. The van der Waals surface area contributed by atoms with Crippen LogP contribution in [-0.2, 0) is 10.0 Å². The molecule has 2 rings (SSSR count). The molecule has 0 bridgehead atoms. The molecule has 0 saturated heterocycles. The Morgan fingerprint density at radius 2 is 2.00 bits per heavy atom. The van der Waals surface area contributed by atoms with E-state index in [0.29, 0.717) is 12.5 Å². The van der Waals surface area contributed by atoms with E-state index in [1.54, 1.807) is 20.3 Å². The van der Waals surface area contributed by atoms with Crippen molar-refractivity contribution in [3.05, 3.63) is 48.3 Å². The lowest BCUT2D eigenvalue weighted by Gasteiger charge is -2.20. The molecule has 0 aliphatic rings. The number of aliphatic imine (C=N–C) groups is 1. The summed E-state index contributed by atoms with van der Waals surface area (Å²) in [6.07, 6.45) is 2.83. The van der Waals surface area contributed by atoms with E-state index < -0.39 is 10.0 Å². The first-order chi connectivity index (χ1) is 14.4. The minimum absolute atomic E-state index is 0. The van der Waals surface area contributed by atoms with Crippen molar-refractivity contribution in [3.8, 4) is 11.5 Å². The minimum atomic E-state index is -3.61. The lowest BCUT2D eigenvalue weighted by molar-refractivity contribution is 0.394. The van der Waals surface area contributed by atoms with Gasteiger partial charge in [0.25, 0.3) is 0 Å². The Bertz CT molecular complexity index is 942. The van der Waals surface area contributed by atoms with Gasteiger partial charge in [-0.3, -0.25) is 9.98 Å². The molecule has 0 saturated carbocycles. The first kappa shape index (κ1) is 26.9. The van der Waals surface area contributed by atoms with Crippen molar-refractivity contribution in [1.82, 2.24) is 20.3 Å². The van der Waals surface area contributed by atoms with Gasteiger partial charge in [0, 0.05) is 31.0 Å². The van der Waals surface area contributed by atoms with Gasteiger partial charge in [-0.1, -0.05) is 0 Å². The molecular formula is C20H30IN5O4S. The number of nitrogens with zero attached hydrogens (tertiary/aromatic N) is 2. The maximum atomic E-state index is 12.2. The van der Waals surface area contributed by atoms with Gasteiger partial charge in [0.2, 0.25) is 10.0 Å². The summed E-state index contributed by atoms with van der Waals surface area (Å²) in [6.45, 7) is 5.02. The Balaban J connectivity index is 0.00000480. The second-order valence-corrected chi connectivity index (χ2v) is 8.09. The third-order valence-corrected chi connectivity index (χ3v) is 5.67. The molecular weight excluding hydrogens is 533 g/mol. The van der Waals surface area contributed by atoms with Gasteiger partial charge in [-0.15, -0.1) is 24.0 Å². The van der Waals surface area contributed by atoms with Crippen molar-refractivity contribution < 1.29 is 17.9 Å². The maximum Gasteiger partial charge on any atom is 0.242 e. The number of ether oxygens (including phenoxy) is 2. The van der Waals surface area contributed by atoms with E-state index in [2.05, 4.69) is 25.3 Å². The predicted molar refractivity (Wildman–Crippen MR) is 132 cm³/mol. The number of rotatable bonds is 10. The van der Waals surface area contributed by atoms with Crippen molar-refractivity contribution in [2.75, 3.05) is 33.9 Å². The molecule has 9 nitrogen and oxygen atoms in total. The average Bonchev–Trinajstić information content (AvgIpc) is 2.76. The van der Waals surface area contributed by atoms with Gasteiger partial charge >= 0.3 is 0 Å². The highest BCUT2D eigenvalue weighted by Gasteiger charge is 2.15. The molecule has 31 heavy (non-hydrogen) atoms. The summed E-state index contributed by atoms with van der Waals surface area (Å²) in [7, 11) is -0.377. The van der Waals surface area contributed by atoms with Crippen LogP contribution in [0.1, 0.15) is 25.5 Å². The van der Waals surface area contributed by atoms with Crippen molar-refractivity contribution in [3.63, 3.8) is 0 Å². The largest absolute Gasteiger partial charge is 0.497 e. The van der Waals surface area contributed by atoms with E-state index in [9.17, 15) is 8.42 Å². The third kappa shape index (κ3) is 8.15. The van der Waals surface area contributed by atoms with Crippen LogP contribution in [0.4, 0.5) is 0 Å². The second kappa shape index (κ2) is 13.3. The zero-order valence-corrected chi connectivity index (χ0v) is 21.2. The number of sulfonamides is 1. The van der Waals surface area contributed by atoms with E-state index in [-0.39, 0.29) is 48.0 Å². The number of hydrogen-bond donors (Lipinski definition) is 3. The molecule has 3 N–H and O–H groups in total. The highest BCUT2D eigenvalue weighted by molar-refractivity contribution is 14.0. The van der Waals surface area contributed by atoms with Gasteiger partial charge < -0.3 is 20.1 Å². The van der Waals surface area contributed by atoms with Crippen LogP contribution in [0.2, 0.25) is 0 Å². The first-order valence-corrected chi connectivity index (χ1v) is 11.1. The maximum absolute atomic E-state index is 12.2. The van der Waals surface area contributed by atoms with Crippen molar-refractivity contribution >= 4 is 40.0 Å². The molecule has 2 aromatic rings. The number of benzene rings is 1. The third-order valence-electron chi connectivity index (χ3n) is 4.22. The zero-order valence-electron chi connectivity index (χ0n) is 18.1. The van der Waals surface area contributed by atoms with Crippen molar-refractivity contribution in [1.29, 1.82) is 0 Å². The molecule has 0 aliphatic carbocycles. The molecule has 1 heterocycles. The normalized spacial score (nSPS) is 12.5. The first-order valence-electron chi connectivity index (χ1n) is 9.57. The number of halogens is 1. The summed E-state index contributed by atoms with van der Waals surface area (Å²) in [5.74, 6) is 2.03. The lowest BCUT2D eigenvalue weighted by atomic mass is 10.1. The predicted octanol–water partition coefficient (Wildman–Crippen LogP) is 2.31. The smallest absolute Gasteiger partial charge is 0.242 e. The Morgan fingerprint density at radius 3 is 2.61 bits per heavy atom. The second-order valence-electron chi connectivity index (χ2n) is 6.32. The van der Waals surface area contributed by atoms with Gasteiger partial charge in [0.15, 0.2) is 5.96 Å². The fourth-order valence-electron chi connectivity index (χ4n) is 2.72. The quantitative estimate of drug-likeness (QED) is 0.176. The summed E-state index contributed by atoms with van der Waals surface area (Å²) >= 11 is 0. The van der Waals surface area contributed by atoms with Gasteiger partial charge in [0.05, 0.1) is 26.8 Å². The van der Waals surface area contributed by atoms with E-state index in [1.807, 2.05) is 32.0 Å². The number of nitrogens with one attached hydrogen (secondary N) is 3. The molecule has 172 valence electrons. The van der Waals surface area contributed by atoms with Crippen LogP contribution in [0, 0.1) is 0 Å². The Hall–Kier alpha value is -2.12. The summed E-state index contributed by atoms with van der Waals surface area (Å²) in [6, 6.07) is 8.54. The molecule has 0 fully saturated rings. The van der Waals surface area contributed by atoms with E-state index >= 15 is 0 Å². The number of pyridine rings is 1. The topological polar surface area (TPSA) is 114 Å². The summed E-state index contributed by atoms with van der Waals surface area (Å²) in [5, 5.41) is 6.46. The Morgan fingerprint density at radius 1 is 1.23 bits per heavy atom. The minimum Gasteiger partial charge on any atom is -0.497 e. The highest BCUT2D eigenvalue weighted by Crippen LogP contribution is 2.29. The van der Waals surface area contributed by atoms with Gasteiger partial charge in [-0.2, -0.15) is 0 Å². The van der Waals surface area contributed by atoms with Gasteiger partial charge in [-0.25, -0.2) is 13.1 Å². The fraction of sp³-hybridized carbons (Fsp3) is 0.400. The molecule has 11 heteroatoms. The van der Waals surface area contributed by atoms with Crippen molar-refractivity contribution in [2.24, 2.45) is 4.99 Å². The standard InChI is InChI=1S/C20H29N5O4S.HI/c1-5-22-20(23-11-12-24-30(26,27)17-7-6-10-21-14-17)25-15(2)18-13-16(28-3)8-9-19(18)29-4;/h6-10,13-15,24H,5,11-12H2,1-4H3,(H2,22,23,25);1H. The Labute approximate surface area is 201 Å². The van der Waals surface area contributed by atoms with Crippen LogP contribution in [0.25, 0.3) is 0 Å². The van der Waals surface area contributed by atoms with Crippen molar-refractivity contribution in [2.45, 2.75) is 24.8 Å². The number of guanidine groups is 1. The van der Waals surface area contributed by atoms with Gasteiger partial charge in [-0.05, 0) is 44.2 Å². The zero-order chi connectivity index (χ0) is 22.0. The Kier molecular flexibility index (Phi) is 11.6. The summed E-state index contributed by atoms with van der Waals surface area (Å²) < 4.78 is 37.8. The number of methoxy groups -OCH3 is 2. The molecule has 1 unspecified atom stereocenters. The molecule has 0 radical (unpaired) electrons. The van der Waals surface area contributed by atoms with E-state index in [1.165, 1.54) is 18.5 Å². The van der Waals surface area contributed by atoms with E-state index in [4.69, 9.17) is 9.47 Å². The van der Waals surface area contributed by atoms with E-state index in [0.717, 1.165) is 17.1 Å². The molecule has 0 aliphatic heterocycles. The molecule has 1 aromatic carbocycles. The van der Waals surface area contributed by atoms with Crippen LogP contribution < -0.4 is 24.8 Å². The number of aromatic nitrogens is 1. The number of hydrogen-bond acceptors (Lipinski definition) is 6. The molecule has 0 amide bonds. The lowest BCUT2D eigenvalue weighted by Crippen LogP contribution is -2.39. The molecule has 0 spiro atoms. The fourth-order valence-corrected chi connectivity index (χ4v) is 3.70. The SMILES string of the molecule is CCNC(=NCCNS(=O)(=O)c1cccnc1)NC(C)c1cc(OC)ccc1OC.I. The highest BCUT2D eigenvalue weighted by atomic mass is 127. The van der Waals surface area contributed by atoms with Gasteiger partial charge in [0.1, 0.15) is 16.4 Å². The van der Waals surface area contributed by atoms with Crippen LogP contribution >= 0.6 is 24.0 Å². The summed E-state index contributed by atoms with van der Waals surface area (Å²) in [4.78, 5) is 8.41. The molecule has 1 aromatic heterocycles. The van der Waals surface area contributed by atoms with Crippen LogP contribution in [0.5, 0.6) is 11.5 Å². The average molecular weight is 563 g/mol. The van der Waals surface area contributed by atoms with Crippen LogP contribution in [0.3, 0.4) is 0 Å². The van der Waals surface area contributed by atoms with Crippen LogP contribution in [0.15, 0.2) is 52.6 Å². The summed E-state index contributed by atoms with van der Waals surface area (Å²) in [5.41, 5.74) is 0.916. The molecule has 1 atom stereocenters. The van der Waals surface area contributed by atoms with Crippen LogP contribution in [-0.4, -0.2) is 53.2 Å².